The third-order valence-electron chi connectivity index (χ3n) is 4.21. The first-order valence-corrected chi connectivity index (χ1v) is 8.17. The molecule has 0 spiro atoms. The fourth-order valence-electron chi connectivity index (χ4n) is 3.08. The molecular formula is C16H34N2O. The van der Waals surface area contributed by atoms with E-state index in [4.69, 9.17) is 4.74 Å². The van der Waals surface area contributed by atoms with Gasteiger partial charge < -0.3 is 10.1 Å². The summed E-state index contributed by atoms with van der Waals surface area (Å²) in [6.45, 7) is 15.5. The molecular weight excluding hydrogens is 236 g/mol. The normalized spacial score (nSPS) is 24.6. The van der Waals surface area contributed by atoms with Crippen LogP contribution in [0.1, 0.15) is 53.9 Å². The Balaban J connectivity index is 2.54. The maximum absolute atomic E-state index is 6.05. The van der Waals surface area contributed by atoms with Crippen LogP contribution in [-0.2, 0) is 4.74 Å². The van der Waals surface area contributed by atoms with E-state index in [0.29, 0.717) is 18.2 Å². The predicted molar refractivity (Wildman–Crippen MR) is 82.6 cm³/mol. The predicted octanol–water partition coefficient (Wildman–Crippen LogP) is 2.90. The highest BCUT2D eigenvalue weighted by Gasteiger charge is 2.29. The second-order valence-electron chi connectivity index (χ2n) is 6.29. The van der Waals surface area contributed by atoms with Crippen molar-refractivity contribution in [1.82, 2.24) is 10.2 Å². The number of hydrogen-bond acceptors (Lipinski definition) is 3. The Morgan fingerprint density at radius 1 is 1.26 bits per heavy atom. The zero-order chi connectivity index (χ0) is 14.3. The minimum atomic E-state index is 0.357. The van der Waals surface area contributed by atoms with E-state index in [2.05, 4.69) is 44.8 Å². The van der Waals surface area contributed by atoms with Gasteiger partial charge in [-0.2, -0.15) is 0 Å². The van der Waals surface area contributed by atoms with Crippen molar-refractivity contribution in [1.29, 1.82) is 0 Å². The molecule has 0 amide bonds. The summed E-state index contributed by atoms with van der Waals surface area (Å²) in [7, 11) is 0. The van der Waals surface area contributed by atoms with Crippen LogP contribution in [0.3, 0.4) is 0 Å². The quantitative estimate of drug-likeness (QED) is 0.734. The third kappa shape index (κ3) is 5.80. The SMILES string of the molecule is CCCC(C)CC(NCC)C1CN(C(C)C)CCO1. The molecule has 114 valence electrons. The molecule has 1 aliphatic rings. The van der Waals surface area contributed by atoms with Crippen LogP contribution in [0.4, 0.5) is 0 Å². The minimum Gasteiger partial charge on any atom is -0.374 e. The highest BCUT2D eigenvalue weighted by Crippen LogP contribution is 2.19. The molecule has 3 heteroatoms. The smallest absolute Gasteiger partial charge is 0.0855 e. The molecule has 0 radical (unpaired) electrons. The van der Waals surface area contributed by atoms with E-state index in [0.717, 1.165) is 32.2 Å². The maximum Gasteiger partial charge on any atom is 0.0855 e. The van der Waals surface area contributed by atoms with Gasteiger partial charge in [-0.1, -0.05) is 33.6 Å². The van der Waals surface area contributed by atoms with Crippen molar-refractivity contribution in [2.24, 2.45) is 5.92 Å². The molecule has 1 saturated heterocycles. The standard InChI is InChI=1S/C16H34N2O/c1-6-8-14(5)11-15(17-7-2)16-12-18(13(3)4)9-10-19-16/h13-17H,6-12H2,1-5H3. The lowest BCUT2D eigenvalue weighted by molar-refractivity contribution is -0.0583. The van der Waals surface area contributed by atoms with Crippen molar-refractivity contribution in [3.05, 3.63) is 0 Å². The molecule has 3 atom stereocenters. The average Bonchev–Trinajstić information content (AvgIpc) is 2.38. The molecule has 19 heavy (non-hydrogen) atoms. The van der Waals surface area contributed by atoms with E-state index in [1.807, 2.05) is 0 Å². The highest BCUT2D eigenvalue weighted by atomic mass is 16.5. The van der Waals surface area contributed by atoms with Crippen LogP contribution in [0.15, 0.2) is 0 Å². The molecule has 3 unspecified atom stereocenters. The van der Waals surface area contributed by atoms with E-state index in [1.54, 1.807) is 0 Å². The summed E-state index contributed by atoms with van der Waals surface area (Å²) >= 11 is 0. The third-order valence-corrected chi connectivity index (χ3v) is 4.21. The van der Waals surface area contributed by atoms with Crippen molar-refractivity contribution in [3.63, 3.8) is 0 Å². The van der Waals surface area contributed by atoms with Crippen LogP contribution in [0.2, 0.25) is 0 Å². The summed E-state index contributed by atoms with van der Waals surface area (Å²) in [4.78, 5) is 2.54. The molecule has 1 aliphatic heterocycles. The lowest BCUT2D eigenvalue weighted by atomic mass is 9.93. The molecule has 0 saturated carbocycles. The molecule has 1 N–H and O–H groups in total. The summed E-state index contributed by atoms with van der Waals surface area (Å²) in [5.74, 6) is 0.784. The van der Waals surface area contributed by atoms with E-state index in [9.17, 15) is 0 Å². The van der Waals surface area contributed by atoms with Crippen molar-refractivity contribution in [2.75, 3.05) is 26.2 Å². The van der Waals surface area contributed by atoms with Gasteiger partial charge in [0.1, 0.15) is 0 Å². The first-order chi connectivity index (χ1) is 9.08. The van der Waals surface area contributed by atoms with Crippen LogP contribution < -0.4 is 5.32 Å². The number of hydrogen-bond donors (Lipinski definition) is 1. The van der Waals surface area contributed by atoms with E-state index in [-0.39, 0.29) is 0 Å². The Hall–Kier alpha value is -0.120. The van der Waals surface area contributed by atoms with Crippen molar-refractivity contribution in [3.8, 4) is 0 Å². The number of morpholine rings is 1. The van der Waals surface area contributed by atoms with Crippen LogP contribution >= 0.6 is 0 Å². The zero-order valence-corrected chi connectivity index (χ0v) is 13.6. The van der Waals surface area contributed by atoms with Gasteiger partial charge in [-0.05, 0) is 32.7 Å². The van der Waals surface area contributed by atoms with Gasteiger partial charge in [0.05, 0.1) is 12.7 Å². The van der Waals surface area contributed by atoms with Gasteiger partial charge in [0.2, 0.25) is 0 Å². The number of nitrogens with one attached hydrogen (secondary N) is 1. The Kier molecular flexibility index (Phi) is 7.96. The zero-order valence-electron chi connectivity index (χ0n) is 13.6. The Morgan fingerprint density at radius 2 is 2.00 bits per heavy atom. The topological polar surface area (TPSA) is 24.5 Å². The van der Waals surface area contributed by atoms with E-state index >= 15 is 0 Å². The molecule has 1 heterocycles. The molecule has 1 rings (SSSR count). The molecule has 1 fully saturated rings. The average molecular weight is 270 g/mol. The summed E-state index contributed by atoms with van der Waals surface area (Å²) in [5, 5.41) is 3.65. The monoisotopic (exact) mass is 270 g/mol. The Morgan fingerprint density at radius 3 is 2.58 bits per heavy atom. The lowest BCUT2D eigenvalue weighted by Crippen LogP contribution is -2.54. The van der Waals surface area contributed by atoms with Crippen LogP contribution in [-0.4, -0.2) is 49.3 Å². The van der Waals surface area contributed by atoms with Crippen LogP contribution in [0.5, 0.6) is 0 Å². The number of ether oxygens (including phenoxy) is 1. The van der Waals surface area contributed by atoms with Crippen molar-refractivity contribution in [2.45, 2.75) is 72.1 Å². The molecule has 0 bridgehead atoms. The number of nitrogens with zero attached hydrogens (tertiary/aromatic N) is 1. The van der Waals surface area contributed by atoms with Gasteiger partial charge in [0.15, 0.2) is 0 Å². The van der Waals surface area contributed by atoms with Gasteiger partial charge in [-0.3, -0.25) is 4.90 Å². The van der Waals surface area contributed by atoms with Gasteiger partial charge in [0.25, 0.3) is 0 Å². The molecule has 0 aromatic heterocycles. The van der Waals surface area contributed by atoms with Gasteiger partial charge >= 0.3 is 0 Å². The fourth-order valence-corrected chi connectivity index (χ4v) is 3.08. The first kappa shape index (κ1) is 16.9. The summed E-state index contributed by atoms with van der Waals surface area (Å²) in [6, 6.07) is 1.13. The summed E-state index contributed by atoms with van der Waals surface area (Å²) in [5.41, 5.74) is 0. The highest BCUT2D eigenvalue weighted by molar-refractivity contribution is 4.85. The molecule has 0 aliphatic carbocycles. The second kappa shape index (κ2) is 8.93. The fraction of sp³-hybridized carbons (Fsp3) is 1.00. The van der Waals surface area contributed by atoms with Gasteiger partial charge in [-0.25, -0.2) is 0 Å². The van der Waals surface area contributed by atoms with E-state index < -0.39 is 0 Å². The molecule has 0 aromatic carbocycles. The molecule has 0 aromatic rings. The van der Waals surface area contributed by atoms with E-state index in [1.165, 1.54) is 19.3 Å². The summed E-state index contributed by atoms with van der Waals surface area (Å²) in [6.07, 6.45) is 4.19. The van der Waals surface area contributed by atoms with Gasteiger partial charge in [0, 0.05) is 25.2 Å². The number of likely N-dealkylation sites (N-methyl/N-ethyl adjacent to an activating group) is 1. The Bertz CT molecular complexity index is 233. The summed E-state index contributed by atoms with van der Waals surface area (Å²) < 4.78 is 6.05. The lowest BCUT2D eigenvalue weighted by Gasteiger charge is -2.40. The molecule has 3 nitrogen and oxygen atoms in total. The van der Waals surface area contributed by atoms with Gasteiger partial charge in [-0.15, -0.1) is 0 Å². The second-order valence-corrected chi connectivity index (χ2v) is 6.29. The first-order valence-electron chi connectivity index (χ1n) is 8.17. The number of rotatable bonds is 8. The minimum absolute atomic E-state index is 0.357. The van der Waals surface area contributed by atoms with Crippen LogP contribution in [0, 0.1) is 5.92 Å². The van der Waals surface area contributed by atoms with Crippen molar-refractivity contribution >= 4 is 0 Å². The maximum atomic E-state index is 6.05. The Labute approximate surface area is 120 Å². The van der Waals surface area contributed by atoms with Crippen LogP contribution in [0.25, 0.3) is 0 Å². The largest absolute Gasteiger partial charge is 0.374 e. The van der Waals surface area contributed by atoms with Crippen molar-refractivity contribution < 1.29 is 4.74 Å².